The predicted molar refractivity (Wildman–Crippen MR) is 185 cm³/mol. The van der Waals surface area contributed by atoms with Gasteiger partial charge in [0.2, 0.25) is 0 Å². The largest absolute Gasteiger partial charge is 0.456 e. The van der Waals surface area contributed by atoms with Gasteiger partial charge in [0, 0.05) is 25.8 Å². The summed E-state index contributed by atoms with van der Waals surface area (Å²) in [6, 6.07) is 11.0. The Bertz CT molecular complexity index is 1850. The van der Waals surface area contributed by atoms with Crippen molar-refractivity contribution in [3.63, 3.8) is 0 Å². The van der Waals surface area contributed by atoms with Crippen LogP contribution in [0.4, 0.5) is 4.79 Å². The third kappa shape index (κ3) is 7.07. The van der Waals surface area contributed by atoms with Gasteiger partial charge in [0.05, 0.1) is 60.1 Å². The molecule has 1 N–H and O–H groups in total. The highest BCUT2D eigenvalue weighted by atomic mass is 35.5. The number of ether oxygens (including phenoxy) is 5. The summed E-state index contributed by atoms with van der Waals surface area (Å²) in [7, 11) is -1.29. The summed E-state index contributed by atoms with van der Waals surface area (Å²) in [5.74, 6) is 0. The van der Waals surface area contributed by atoms with E-state index in [-0.39, 0.29) is 26.0 Å². The number of aliphatic hydroxyl groups excluding tert-OH is 1. The van der Waals surface area contributed by atoms with E-state index in [2.05, 4.69) is 24.7 Å². The molecule has 6 heterocycles. The first-order chi connectivity index (χ1) is 23.2. The molecule has 0 bridgehead atoms. The van der Waals surface area contributed by atoms with E-state index in [1.165, 1.54) is 0 Å². The molecule has 0 radical (unpaired) electrons. The smallest absolute Gasteiger partial charge is 0.410 e. The Morgan fingerprint density at radius 1 is 1.08 bits per heavy atom. The predicted octanol–water partition coefficient (Wildman–Crippen LogP) is 5.41. The van der Waals surface area contributed by atoms with Gasteiger partial charge < -0.3 is 28.8 Å². The Kier molecular flexibility index (Phi) is 8.99. The number of hydrogen-bond donors (Lipinski definition) is 1. The van der Waals surface area contributed by atoms with Crippen molar-refractivity contribution in [1.29, 1.82) is 0 Å². The fraction of sp³-hybridized carbons (Fsp3) is 0.529. The number of carbonyl (C=O) groups is 1. The fourth-order valence-electron chi connectivity index (χ4n) is 6.23. The third-order valence-electron chi connectivity index (χ3n) is 8.81. The van der Waals surface area contributed by atoms with E-state index < -0.39 is 38.1 Å². The normalized spacial score (nSPS) is 22.2. The van der Waals surface area contributed by atoms with Crippen LogP contribution in [0.5, 0.6) is 6.01 Å². The lowest BCUT2D eigenvalue weighted by Gasteiger charge is -2.24. The number of aromatic nitrogens is 5. The summed E-state index contributed by atoms with van der Waals surface area (Å²) < 4.78 is 33.3. The van der Waals surface area contributed by atoms with Gasteiger partial charge in [-0.2, -0.15) is 10.1 Å². The number of imidazole rings is 1. The Morgan fingerprint density at radius 3 is 2.57 bits per heavy atom. The first kappa shape index (κ1) is 33.9. The molecule has 4 aromatic rings. The first-order valence-corrected chi connectivity index (χ1v) is 20.7. The van der Waals surface area contributed by atoms with E-state index in [0.29, 0.717) is 47.6 Å². The molecule has 262 valence electrons. The average molecular weight is 711 g/mol. The SMILES string of the molecule is CC(C)(C)OC(=O)N1Cc2cnn(-c3ccc(-c4nc5nc(O[C@@H]6CO[C@H]7[C@@H]6OC[C@H]7O)n(COCC[Si](C)(C)C)c5cc4Cl)cc3)c2C1. The lowest BCUT2D eigenvalue weighted by molar-refractivity contribution is 0.00339. The molecule has 0 spiro atoms. The Labute approximate surface area is 291 Å². The average Bonchev–Trinajstić information content (AvgIpc) is 3.83. The minimum Gasteiger partial charge on any atom is -0.456 e. The summed E-state index contributed by atoms with van der Waals surface area (Å²) in [6.45, 7) is 14.7. The van der Waals surface area contributed by atoms with Crippen molar-refractivity contribution < 1.29 is 33.6 Å². The highest BCUT2D eigenvalue weighted by Gasteiger charge is 2.49. The Balaban J connectivity index is 1.13. The summed E-state index contributed by atoms with van der Waals surface area (Å²) in [6.07, 6.45) is -0.492. The Hall–Kier alpha value is -3.53. The van der Waals surface area contributed by atoms with Gasteiger partial charge in [-0.3, -0.25) is 9.47 Å². The third-order valence-corrected chi connectivity index (χ3v) is 10.8. The van der Waals surface area contributed by atoms with Crippen molar-refractivity contribution in [3.8, 4) is 23.0 Å². The maximum Gasteiger partial charge on any atom is 0.410 e. The van der Waals surface area contributed by atoms with Crippen LogP contribution in [-0.2, 0) is 38.8 Å². The molecule has 3 aliphatic rings. The molecule has 2 saturated heterocycles. The van der Waals surface area contributed by atoms with Crippen LogP contribution in [0.1, 0.15) is 32.0 Å². The zero-order valence-electron chi connectivity index (χ0n) is 28.7. The number of fused-ring (bicyclic) bond motifs is 3. The van der Waals surface area contributed by atoms with E-state index >= 15 is 0 Å². The molecule has 13 nitrogen and oxygen atoms in total. The molecule has 3 aliphatic heterocycles. The number of benzene rings is 1. The molecule has 7 rings (SSSR count). The maximum absolute atomic E-state index is 12.7. The van der Waals surface area contributed by atoms with Crippen LogP contribution in [0.2, 0.25) is 30.7 Å². The van der Waals surface area contributed by atoms with E-state index in [4.69, 9.17) is 45.3 Å². The van der Waals surface area contributed by atoms with Crippen LogP contribution in [0.3, 0.4) is 0 Å². The zero-order chi connectivity index (χ0) is 34.7. The van der Waals surface area contributed by atoms with Crippen molar-refractivity contribution in [2.24, 2.45) is 0 Å². The Morgan fingerprint density at radius 2 is 1.84 bits per heavy atom. The van der Waals surface area contributed by atoms with Crippen LogP contribution < -0.4 is 4.74 Å². The van der Waals surface area contributed by atoms with Gasteiger partial charge in [-0.15, -0.1) is 0 Å². The standard InChI is InChI=1S/C34H43ClN6O7Si/c1-34(2,3)48-33(43)39-15-21-14-36-41(25(21)16-39)22-9-7-20(8-10-22)28-23(35)13-24-31(37-28)38-32(40(24)19-44-11-12-49(4,5)6)47-27-18-46-29-26(42)17-45-30(27)29/h7-10,13-14,26-27,29-30,42H,11-12,15-19H2,1-6H3/t26-,27-,29-,30-/m1/s1. The van der Waals surface area contributed by atoms with Crippen molar-refractivity contribution in [3.05, 3.63) is 52.8 Å². The number of carbonyl (C=O) groups excluding carboxylic acids is 1. The highest BCUT2D eigenvalue weighted by Crippen LogP contribution is 2.35. The van der Waals surface area contributed by atoms with Crippen LogP contribution in [-0.4, -0.2) is 98.3 Å². The topological polar surface area (TPSA) is 135 Å². The van der Waals surface area contributed by atoms with Gasteiger partial charge in [-0.05, 0) is 45.0 Å². The van der Waals surface area contributed by atoms with Gasteiger partial charge >= 0.3 is 12.1 Å². The lowest BCUT2D eigenvalue weighted by Crippen LogP contribution is -2.35. The molecule has 2 fully saturated rings. The van der Waals surface area contributed by atoms with Crippen LogP contribution >= 0.6 is 11.6 Å². The van der Waals surface area contributed by atoms with Gasteiger partial charge in [0.25, 0.3) is 0 Å². The van der Waals surface area contributed by atoms with E-state index in [0.717, 1.165) is 28.6 Å². The monoisotopic (exact) mass is 710 g/mol. The summed E-state index contributed by atoms with van der Waals surface area (Å²) in [5.41, 5.74) is 4.73. The number of aliphatic hydroxyl groups is 1. The molecule has 3 aromatic heterocycles. The van der Waals surface area contributed by atoms with Crippen molar-refractivity contribution in [1.82, 2.24) is 29.2 Å². The summed E-state index contributed by atoms with van der Waals surface area (Å²) >= 11 is 6.89. The highest BCUT2D eigenvalue weighted by molar-refractivity contribution is 6.76. The van der Waals surface area contributed by atoms with Gasteiger partial charge in [-0.1, -0.05) is 43.4 Å². The minimum absolute atomic E-state index is 0.206. The summed E-state index contributed by atoms with van der Waals surface area (Å²) in [4.78, 5) is 24.0. The van der Waals surface area contributed by atoms with Gasteiger partial charge in [0.15, 0.2) is 11.8 Å². The van der Waals surface area contributed by atoms with Crippen molar-refractivity contribution in [2.45, 2.75) is 96.3 Å². The number of rotatable bonds is 9. The van der Waals surface area contributed by atoms with E-state index in [1.807, 2.05) is 60.4 Å². The molecule has 0 unspecified atom stereocenters. The number of halogens is 1. The number of nitrogens with zero attached hydrogens (tertiary/aromatic N) is 6. The molecule has 1 amide bonds. The second-order valence-electron chi connectivity index (χ2n) is 15.1. The van der Waals surface area contributed by atoms with Gasteiger partial charge in [-0.25, -0.2) is 14.5 Å². The quantitative estimate of drug-likeness (QED) is 0.178. The zero-order valence-corrected chi connectivity index (χ0v) is 30.4. The molecule has 49 heavy (non-hydrogen) atoms. The summed E-state index contributed by atoms with van der Waals surface area (Å²) in [5, 5.41) is 15.3. The van der Waals surface area contributed by atoms with E-state index in [9.17, 15) is 9.90 Å². The minimum atomic E-state index is -1.29. The number of pyridine rings is 1. The van der Waals surface area contributed by atoms with Crippen molar-refractivity contribution >= 4 is 36.9 Å². The van der Waals surface area contributed by atoms with Crippen LogP contribution in [0.15, 0.2) is 36.5 Å². The molecule has 15 heteroatoms. The molecule has 0 aliphatic carbocycles. The van der Waals surface area contributed by atoms with Gasteiger partial charge in [0.1, 0.15) is 30.6 Å². The fourth-order valence-corrected chi connectivity index (χ4v) is 7.24. The molecule has 1 aromatic carbocycles. The van der Waals surface area contributed by atoms with Crippen LogP contribution in [0, 0.1) is 0 Å². The molecule has 0 saturated carbocycles. The number of hydrogen-bond acceptors (Lipinski definition) is 10. The first-order valence-electron chi connectivity index (χ1n) is 16.6. The van der Waals surface area contributed by atoms with Crippen molar-refractivity contribution in [2.75, 3.05) is 19.8 Å². The maximum atomic E-state index is 12.7. The molecular weight excluding hydrogens is 668 g/mol. The lowest BCUT2D eigenvalue weighted by atomic mass is 10.1. The van der Waals surface area contributed by atoms with Crippen LogP contribution in [0.25, 0.3) is 28.1 Å². The molecule has 4 atom stereocenters. The second-order valence-corrected chi connectivity index (χ2v) is 21.1. The molecular formula is C34H43ClN6O7Si. The number of amides is 1. The van der Waals surface area contributed by atoms with E-state index in [1.54, 1.807) is 11.1 Å². The second kappa shape index (κ2) is 13.0.